The fourth-order valence-corrected chi connectivity index (χ4v) is 2.33. The molecule has 112 valence electrons. The Hall–Kier alpha value is -1.71. The second-order valence-corrected chi connectivity index (χ2v) is 5.37. The van der Waals surface area contributed by atoms with Crippen LogP contribution in [0.5, 0.6) is 11.5 Å². The van der Waals surface area contributed by atoms with Crippen LogP contribution in [0.25, 0.3) is 0 Å². The van der Waals surface area contributed by atoms with Gasteiger partial charge in [-0.05, 0) is 37.6 Å². The summed E-state index contributed by atoms with van der Waals surface area (Å²) in [5, 5.41) is 10.5. The van der Waals surface area contributed by atoms with Crippen LogP contribution in [0.4, 0.5) is 0 Å². The van der Waals surface area contributed by atoms with Gasteiger partial charge >= 0.3 is 0 Å². The van der Waals surface area contributed by atoms with Crippen molar-refractivity contribution in [2.45, 2.75) is 26.6 Å². The number of rotatable bonds is 5. The van der Waals surface area contributed by atoms with Crippen LogP contribution in [0.1, 0.15) is 29.7 Å². The number of halogens is 1. The average Bonchev–Trinajstić information content (AvgIpc) is 2.45. The monoisotopic (exact) mass is 306 g/mol. The highest BCUT2D eigenvalue weighted by Crippen LogP contribution is 2.30. The summed E-state index contributed by atoms with van der Waals surface area (Å²) in [6.45, 7) is 4.03. The minimum absolute atomic E-state index is 0.339. The summed E-state index contributed by atoms with van der Waals surface area (Å²) in [6.07, 6.45) is -0.612. The number of aliphatic hydroxyl groups excluding tert-OH is 1. The van der Waals surface area contributed by atoms with E-state index in [9.17, 15) is 5.11 Å². The van der Waals surface area contributed by atoms with E-state index in [0.717, 1.165) is 16.7 Å². The van der Waals surface area contributed by atoms with Gasteiger partial charge in [-0.15, -0.1) is 0 Å². The van der Waals surface area contributed by atoms with Gasteiger partial charge < -0.3 is 14.6 Å². The van der Waals surface area contributed by atoms with Crippen molar-refractivity contribution in [1.82, 2.24) is 0 Å². The molecular weight excluding hydrogens is 288 g/mol. The summed E-state index contributed by atoms with van der Waals surface area (Å²) < 4.78 is 11.0. The first-order valence-corrected chi connectivity index (χ1v) is 7.13. The van der Waals surface area contributed by atoms with Crippen molar-refractivity contribution in [2.24, 2.45) is 0 Å². The smallest absolute Gasteiger partial charge is 0.129 e. The summed E-state index contributed by atoms with van der Waals surface area (Å²) in [6, 6.07) is 11.2. The second kappa shape index (κ2) is 6.83. The van der Waals surface area contributed by atoms with Crippen molar-refractivity contribution in [3.05, 3.63) is 58.1 Å². The predicted molar refractivity (Wildman–Crippen MR) is 84.1 cm³/mol. The van der Waals surface area contributed by atoms with E-state index in [4.69, 9.17) is 21.1 Å². The molecule has 1 N–H and O–H groups in total. The maximum absolute atomic E-state index is 9.81. The van der Waals surface area contributed by atoms with Crippen molar-refractivity contribution in [3.63, 3.8) is 0 Å². The van der Waals surface area contributed by atoms with E-state index < -0.39 is 6.10 Å². The van der Waals surface area contributed by atoms with Crippen molar-refractivity contribution in [2.75, 3.05) is 7.11 Å². The molecule has 0 aromatic heterocycles. The third-order valence-corrected chi connectivity index (χ3v) is 3.61. The van der Waals surface area contributed by atoms with Gasteiger partial charge in [0.05, 0.1) is 13.2 Å². The Balaban J connectivity index is 2.22. The number of hydrogen-bond acceptors (Lipinski definition) is 3. The first kappa shape index (κ1) is 15.7. The number of methoxy groups -OCH3 is 1. The molecule has 4 heteroatoms. The minimum Gasteiger partial charge on any atom is -0.497 e. The summed E-state index contributed by atoms with van der Waals surface area (Å²) in [5.74, 6) is 1.28. The van der Waals surface area contributed by atoms with E-state index >= 15 is 0 Å². The number of benzene rings is 2. The highest BCUT2D eigenvalue weighted by Gasteiger charge is 2.11. The zero-order valence-corrected chi connectivity index (χ0v) is 13.1. The third kappa shape index (κ3) is 3.90. The normalized spacial score (nSPS) is 12.0. The standard InChI is InChI=1S/C17H19ClO3/c1-11-4-5-13(16(18)8-11)10-21-17-9-14(20-3)6-7-15(17)12(2)19/h4-9,12,19H,10H2,1-3H3. The molecule has 1 unspecified atom stereocenters. The number of aryl methyl sites for hydroxylation is 1. The van der Waals surface area contributed by atoms with Crippen molar-refractivity contribution in [3.8, 4) is 11.5 Å². The van der Waals surface area contributed by atoms with Gasteiger partial charge in [-0.1, -0.05) is 23.7 Å². The summed E-state index contributed by atoms with van der Waals surface area (Å²) >= 11 is 6.20. The van der Waals surface area contributed by atoms with Gasteiger partial charge in [0, 0.05) is 22.2 Å². The molecule has 2 rings (SSSR count). The molecular formula is C17H19ClO3. The Morgan fingerprint density at radius 1 is 1.19 bits per heavy atom. The first-order valence-electron chi connectivity index (χ1n) is 6.75. The third-order valence-electron chi connectivity index (χ3n) is 3.26. The Kier molecular flexibility index (Phi) is 5.10. The Morgan fingerprint density at radius 2 is 1.95 bits per heavy atom. The molecule has 1 atom stereocenters. The summed E-state index contributed by atoms with van der Waals surface area (Å²) in [4.78, 5) is 0. The van der Waals surface area contributed by atoms with Gasteiger partial charge in [-0.25, -0.2) is 0 Å². The quantitative estimate of drug-likeness (QED) is 0.895. The van der Waals surface area contributed by atoms with Crippen LogP contribution in [0, 0.1) is 6.92 Å². The Bertz CT molecular complexity index is 623. The molecule has 0 saturated carbocycles. The molecule has 0 radical (unpaired) electrons. The van der Waals surface area contributed by atoms with E-state index in [2.05, 4.69) is 0 Å². The van der Waals surface area contributed by atoms with Gasteiger partial charge in [-0.2, -0.15) is 0 Å². The molecule has 0 aliphatic heterocycles. The topological polar surface area (TPSA) is 38.7 Å². The van der Waals surface area contributed by atoms with Gasteiger partial charge in [-0.3, -0.25) is 0 Å². The second-order valence-electron chi connectivity index (χ2n) is 4.96. The molecule has 0 bridgehead atoms. The van der Waals surface area contributed by atoms with Gasteiger partial charge in [0.2, 0.25) is 0 Å². The SMILES string of the molecule is COc1ccc(C(C)O)c(OCc2ccc(C)cc2Cl)c1. The molecule has 0 spiro atoms. The van der Waals surface area contributed by atoms with Crippen molar-refractivity contribution in [1.29, 1.82) is 0 Å². The molecule has 0 aliphatic carbocycles. The van der Waals surface area contributed by atoms with E-state index in [0.29, 0.717) is 23.1 Å². The molecule has 0 fully saturated rings. The number of aliphatic hydroxyl groups is 1. The number of hydrogen-bond donors (Lipinski definition) is 1. The summed E-state index contributed by atoms with van der Waals surface area (Å²) in [5.41, 5.74) is 2.73. The maximum Gasteiger partial charge on any atom is 0.129 e. The molecule has 0 amide bonds. The predicted octanol–water partition coefficient (Wildman–Crippen LogP) is 4.29. The molecule has 21 heavy (non-hydrogen) atoms. The minimum atomic E-state index is -0.612. The molecule has 0 aliphatic rings. The van der Waals surface area contributed by atoms with Gasteiger partial charge in [0.25, 0.3) is 0 Å². The lowest BCUT2D eigenvalue weighted by molar-refractivity contribution is 0.190. The number of ether oxygens (including phenoxy) is 2. The Morgan fingerprint density at radius 3 is 2.57 bits per heavy atom. The lowest BCUT2D eigenvalue weighted by atomic mass is 10.1. The fraction of sp³-hybridized carbons (Fsp3) is 0.294. The molecule has 0 heterocycles. The highest BCUT2D eigenvalue weighted by molar-refractivity contribution is 6.31. The Labute approximate surface area is 130 Å². The van der Waals surface area contributed by atoms with E-state index in [-0.39, 0.29) is 0 Å². The van der Waals surface area contributed by atoms with E-state index in [1.165, 1.54) is 0 Å². The lowest BCUT2D eigenvalue weighted by Gasteiger charge is -2.15. The average molecular weight is 307 g/mol. The van der Waals surface area contributed by atoms with Crippen LogP contribution in [0.15, 0.2) is 36.4 Å². The van der Waals surface area contributed by atoms with E-state index in [1.54, 1.807) is 32.2 Å². The van der Waals surface area contributed by atoms with Crippen LogP contribution in [0.3, 0.4) is 0 Å². The molecule has 3 nitrogen and oxygen atoms in total. The van der Waals surface area contributed by atoms with Crippen molar-refractivity contribution < 1.29 is 14.6 Å². The van der Waals surface area contributed by atoms with Crippen LogP contribution < -0.4 is 9.47 Å². The largest absolute Gasteiger partial charge is 0.497 e. The molecule has 2 aromatic rings. The van der Waals surface area contributed by atoms with Crippen LogP contribution in [-0.2, 0) is 6.61 Å². The van der Waals surface area contributed by atoms with Gasteiger partial charge in [0.15, 0.2) is 0 Å². The van der Waals surface area contributed by atoms with Crippen LogP contribution in [0.2, 0.25) is 5.02 Å². The van der Waals surface area contributed by atoms with Crippen LogP contribution >= 0.6 is 11.6 Å². The zero-order valence-electron chi connectivity index (χ0n) is 12.4. The van der Waals surface area contributed by atoms with Crippen molar-refractivity contribution >= 4 is 11.6 Å². The maximum atomic E-state index is 9.81. The highest BCUT2D eigenvalue weighted by atomic mass is 35.5. The fourth-order valence-electron chi connectivity index (χ4n) is 2.04. The first-order chi connectivity index (χ1) is 10.0. The van der Waals surface area contributed by atoms with Gasteiger partial charge in [0.1, 0.15) is 18.1 Å². The molecule has 2 aromatic carbocycles. The zero-order chi connectivity index (χ0) is 15.4. The van der Waals surface area contributed by atoms with E-state index in [1.807, 2.05) is 25.1 Å². The lowest BCUT2D eigenvalue weighted by Crippen LogP contribution is -2.02. The summed E-state index contributed by atoms with van der Waals surface area (Å²) in [7, 11) is 1.60. The molecule has 0 saturated heterocycles. The van der Waals surface area contributed by atoms with Crippen LogP contribution in [-0.4, -0.2) is 12.2 Å².